The van der Waals surface area contributed by atoms with Crippen molar-refractivity contribution in [1.82, 2.24) is 10.0 Å². The summed E-state index contributed by atoms with van der Waals surface area (Å²) in [5.74, 6) is -0.727. The topological polar surface area (TPSA) is 58.2 Å². The zero-order valence-corrected chi connectivity index (χ0v) is 13.2. The highest BCUT2D eigenvalue weighted by molar-refractivity contribution is 7.89. The summed E-state index contributed by atoms with van der Waals surface area (Å²) in [4.78, 5) is -0.0904. The second-order valence-electron chi connectivity index (χ2n) is 5.78. The van der Waals surface area contributed by atoms with Crippen LogP contribution >= 0.6 is 11.6 Å². The highest BCUT2D eigenvalue weighted by Crippen LogP contribution is 2.45. The van der Waals surface area contributed by atoms with Crippen LogP contribution in [-0.2, 0) is 16.6 Å². The van der Waals surface area contributed by atoms with E-state index in [1.807, 2.05) is 13.8 Å². The van der Waals surface area contributed by atoms with Gasteiger partial charge in [0, 0.05) is 12.6 Å². The fraction of sp³-hybridized carbons (Fsp3) is 0.538. The molecule has 4 nitrogen and oxygen atoms in total. The van der Waals surface area contributed by atoms with Gasteiger partial charge in [-0.2, -0.15) is 0 Å². The van der Waals surface area contributed by atoms with Gasteiger partial charge in [0.15, 0.2) is 0 Å². The lowest BCUT2D eigenvalue weighted by Crippen LogP contribution is -2.28. The second-order valence-corrected chi connectivity index (χ2v) is 7.87. The van der Waals surface area contributed by atoms with Gasteiger partial charge in [-0.05, 0) is 36.6 Å². The van der Waals surface area contributed by atoms with Crippen LogP contribution in [0.5, 0.6) is 0 Å². The number of nitrogens with one attached hydrogen (secondary N) is 2. The Balaban J connectivity index is 2.32. The third-order valence-electron chi connectivity index (χ3n) is 3.57. The molecule has 1 atom stereocenters. The summed E-state index contributed by atoms with van der Waals surface area (Å²) in [7, 11) is -2.04. The van der Waals surface area contributed by atoms with E-state index in [0.717, 1.165) is 12.5 Å². The summed E-state index contributed by atoms with van der Waals surface area (Å²) in [5.41, 5.74) is 0.385. The van der Waals surface area contributed by atoms with E-state index < -0.39 is 15.8 Å². The van der Waals surface area contributed by atoms with E-state index in [9.17, 15) is 12.8 Å². The fourth-order valence-corrected chi connectivity index (χ4v) is 3.66. The Bertz CT molecular complexity index is 632. The van der Waals surface area contributed by atoms with Crippen LogP contribution in [-0.4, -0.2) is 21.5 Å². The van der Waals surface area contributed by atoms with E-state index in [1.54, 1.807) is 7.05 Å². The van der Waals surface area contributed by atoms with Crippen molar-refractivity contribution in [3.05, 3.63) is 28.5 Å². The van der Waals surface area contributed by atoms with Gasteiger partial charge in [-0.25, -0.2) is 17.5 Å². The summed E-state index contributed by atoms with van der Waals surface area (Å²) in [6, 6.07) is 2.26. The highest BCUT2D eigenvalue weighted by atomic mass is 35.5. The van der Waals surface area contributed by atoms with Gasteiger partial charge in [0.05, 0.1) is 9.92 Å². The molecule has 0 amide bonds. The molecule has 1 aliphatic carbocycles. The molecule has 0 heterocycles. The van der Waals surface area contributed by atoms with Crippen LogP contribution in [0.2, 0.25) is 5.02 Å². The van der Waals surface area contributed by atoms with E-state index in [1.165, 1.54) is 6.07 Å². The van der Waals surface area contributed by atoms with E-state index >= 15 is 0 Å². The quantitative estimate of drug-likeness (QED) is 0.875. The van der Waals surface area contributed by atoms with Crippen molar-refractivity contribution in [3.8, 4) is 0 Å². The van der Waals surface area contributed by atoms with Crippen LogP contribution in [0.3, 0.4) is 0 Å². The molecule has 1 aromatic carbocycles. The summed E-state index contributed by atoms with van der Waals surface area (Å²) in [6.07, 6.45) is 0.783. The van der Waals surface area contributed by atoms with Crippen molar-refractivity contribution in [2.24, 2.45) is 5.41 Å². The maximum atomic E-state index is 13.7. The highest BCUT2D eigenvalue weighted by Gasteiger charge is 2.47. The Morgan fingerprint density at radius 3 is 2.55 bits per heavy atom. The van der Waals surface area contributed by atoms with Crippen molar-refractivity contribution in [2.45, 2.75) is 37.8 Å². The molecule has 0 aliphatic heterocycles. The largest absolute Gasteiger partial charge is 0.316 e. The number of sulfonamides is 1. The standard InChI is InChI=1S/C13H18ClFN2O2S/c1-13(2)6-11(13)17-20(18,19)9-4-8(7-16-3)12(14)10(15)5-9/h4-5,11,16-17H,6-7H2,1-3H3. The molecule has 0 aromatic heterocycles. The van der Waals surface area contributed by atoms with Crippen molar-refractivity contribution in [1.29, 1.82) is 0 Å². The molecule has 1 saturated carbocycles. The predicted molar refractivity (Wildman–Crippen MR) is 76.7 cm³/mol. The molecule has 1 fully saturated rings. The average Bonchev–Trinajstić information content (AvgIpc) is 2.91. The Hall–Kier alpha value is -0.690. The van der Waals surface area contributed by atoms with Gasteiger partial charge < -0.3 is 5.32 Å². The molecule has 0 radical (unpaired) electrons. The van der Waals surface area contributed by atoms with Crippen LogP contribution in [0.4, 0.5) is 4.39 Å². The molecule has 2 rings (SSSR count). The van der Waals surface area contributed by atoms with Gasteiger partial charge in [0.1, 0.15) is 5.82 Å². The molecule has 20 heavy (non-hydrogen) atoms. The molecule has 0 saturated heterocycles. The second kappa shape index (κ2) is 5.26. The maximum Gasteiger partial charge on any atom is 0.240 e. The summed E-state index contributed by atoms with van der Waals surface area (Å²) in [6.45, 7) is 4.26. The average molecular weight is 321 g/mol. The third-order valence-corrected chi connectivity index (χ3v) is 5.44. The Morgan fingerprint density at radius 2 is 2.05 bits per heavy atom. The Kier molecular flexibility index (Phi) is 4.12. The molecule has 2 N–H and O–H groups in total. The van der Waals surface area contributed by atoms with Gasteiger partial charge in [-0.15, -0.1) is 0 Å². The van der Waals surface area contributed by atoms with Gasteiger partial charge in [-0.3, -0.25) is 0 Å². The lowest BCUT2D eigenvalue weighted by molar-refractivity contribution is 0.552. The number of hydrogen-bond acceptors (Lipinski definition) is 3. The van der Waals surface area contributed by atoms with E-state index in [2.05, 4.69) is 10.0 Å². The lowest BCUT2D eigenvalue weighted by Gasteiger charge is -2.11. The van der Waals surface area contributed by atoms with E-state index in [-0.39, 0.29) is 21.4 Å². The van der Waals surface area contributed by atoms with E-state index in [4.69, 9.17) is 11.6 Å². The van der Waals surface area contributed by atoms with Crippen molar-refractivity contribution >= 4 is 21.6 Å². The predicted octanol–water partition coefficient (Wildman–Crippen LogP) is 2.28. The Labute approximate surface area is 123 Å². The smallest absolute Gasteiger partial charge is 0.240 e. The molecule has 7 heteroatoms. The van der Waals surface area contributed by atoms with Gasteiger partial charge >= 0.3 is 0 Å². The first-order valence-electron chi connectivity index (χ1n) is 6.32. The minimum Gasteiger partial charge on any atom is -0.316 e. The first-order valence-corrected chi connectivity index (χ1v) is 8.18. The van der Waals surface area contributed by atoms with Crippen molar-refractivity contribution < 1.29 is 12.8 Å². The summed E-state index contributed by atoms with van der Waals surface area (Å²) >= 11 is 5.83. The number of hydrogen-bond donors (Lipinski definition) is 2. The van der Waals surface area contributed by atoms with Crippen LogP contribution in [0.25, 0.3) is 0 Å². The molecular weight excluding hydrogens is 303 g/mol. The molecule has 1 unspecified atom stereocenters. The zero-order valence-electron chi connectivity index (χ0n) is 11.6. The van der Waals surface area contributed by atoms with Crippen LogP contribution in [0.1, 0.15) is 25.8 Å². The van der Waals surface area contributed by atoms with Crippen molar-refractivity contribution in [3.63, 3.8) is 0 Å². The van der Waals surface area contributed by atoms with Crippen LogP contribution in [0.15, 0.2) is 17.0 Å². The minimum atomic E-state index is -3.72. The number of rotatable bonds is 5. The molecule has 0 bridgehead atoms. The first kappa shape index (κ1) is 15.7. The number of benzene rings is 1. The van der Waals surface area contributed by atoms with Gasteiger partial charge in [0.25, 0.3) is 0 Å². The molecular formula is C13H18ClFN2O2S. The van der Waals surface area contributed by atoms with Gasteiger partial charge in [0.2, 0.25) is 10.0 Å². The minimum absolute atomic E-state index is 0.0359. The van der Waals surface area contributed by atoms with Crippen molar-refractivity contribution in [2.75, 3.05) is 7.05 Å². The maximum absolute atomic E-state index is 13.7. The lowest BCUT2D eigenvalue weighted by atomic mass is 10.2. The Morgan fingerprint density at radius 1 is 1.45 bits per heavy atom. The molecule has 112 valence electrons. The monoisotopic (exact) mass is 320 g/mol. The van der Waals surface area contributed by atoms with Crippen LogP contribution in [0, 0.1) is 11.2 Å². The normalized spacial score (nSPS) is 20.9. The van der Waals surface area contributed by atoms with Gasteiger partial charge in [-0.1, -0.05) is 25.4 Å². The number of halogens is 2. The fourth-order valence-electron chi connectivity index (χ4n) is 2.02. The first-order chi connectivity index (χ1) is 9.17. The molecule has 0 spiro atoms. The zero-order chi connectivity index (χ0) is 15.1. The molecule has 1 aromatic rings. The van der Waals surface area contributed by atoms with Crippen LogP contribution < -0.4 is 10.0 Å². The van der Waals surface area contributed by atoms with E-state index in [0.29, 0.717) is 12.1 Å². The molecule has 1 aliphatic rings. The SMILES string of the molecule is CNCc1cc(S(=O)(=O)NC2CC2(C)C)cc(F)c1Cl. The summed E-state index contributed by atoms with van der Waals surface area (Å²) in [5, 5.41) is 2.78. The third kappa shape index (κ3) is 3.14. The summed E-state index contributed by atoms with van der Waals surface area (Å²) < 4.78 is 40.8.